The van der Waals surface area contributed by atoms with Gasteiger partial charge in [-0.1, -0.05) is 6.07 Å². The molecule has 0 aliphatic heterocycles. The topological polar surface area (TPSA) is 67.8 Å². The number of carbonyl (C=O) groups is 2. The van der Waals surface area contributed by atoms with Crippen LogP contribution in [0.15, 0.2) is 29.4 Å². The van der Waals surface area contributed by atoms with Gasteiger partial charge >= 0.3 is 6.36 Å². The zero-order valence-electron chi connectivity index (χ0n) is 10.6. The molecule has 0 aliphatic carbocycles. The standard InChI is InChI=1S/C12H11F3N2O3/c1-7(18)11(8(2)19)17-16-9-4-3-5-10(6-9)20-12(13,14)15/h3-6,16H,1-2H3. The molecule has 8 heteroatoms. The van der Waals surface area contributed by atoms with Gasteiger partial charge in [-0.15, -0.1) is 13.2 Å². The summed E-state index contributed by atoms with van der Waals surface area (Å²) in [6.45, 7) is 2.32. The first-order valence-corrected chi connectivity index (χ1v) is 5.40. The van der Waals surface area contributed by atoms with Crippen molar-refractivity contribution in [3.8, 4) is 5.75 Å². The number of alkyl halides is 3. The molecule has 0 fully saturated rings. The average molecular weight is 288 g/mol. The number of hydrazone groups is 1. The molecule has 0 unspecified atom stereocenters. The zero-order chi connectivity index (χ0) is 15.3. The van der Waals surface area contributed by atoms with Crippen LogP contribution in [0, 0.1) is 0 Å². The number of hydrogen-bond donors (Lipinski definition) is 1. The van der Waals surface area contributed by atoms with Crippen molar-refractivity contribution in [3.05, 3.63) is 24.3 Å². The van der Waals surface area contributed by atoms with E-state index in [1.54, 1.807) is 0 Å². The Hall–Kier alpha value is -2.38. The number of nitrogens with one attached hydrogen (secondary N) is 1. The Kier molecular flexibility index (Phi) is 4.84. The number of hydrogen-bond acceptors (Lipinski definition) is 5. The van der Waals surface area contributed by atoms with E-state index in [1.807, 2.05) is 0 Å². The van der Waals surface area contributed by atoms with Crippen molar-refractivity contribution in [2.24, 2.45) is 5.10 Å². The van der Waals surface area contributed by atoms with Crippen molar-refractivity contribution in [1.29, 1.82) is 0 Å². The molecular weight excluding hydrogens is 277 g/mol. The third-order valence-corrected chi connectivity index (χ3v) is 2.03. The second kappa shape index (κ2) is 6.18. The Morgan fingerprint density at radius 1 is 1.20 bits per heavy atom. The fourth-order valence-corrected chi connectivity index (χ4v) is 1.29. The van der Waals surface area contributed by atoms with Crippen molar-refractivity contribution in [1.82, 2.24) is 0 Å². The highest BCUT2D eigenvalue weighted by Gasteiger charge is 2.31. The van der Waals surface area contributed by atoms with Crippen LogP contribution in [0.25, 0.3) is 0 Å². The first-order valence-electron chi connectivity index (χ1n) is 5.40. The van der Waals surface area contributed by atoms with E-state index < -0.39 is 23.7 Å². The van der Waals surface area contributed by atoms with Crippen LogP contribution in [0.1, 0.15) is 13.8 Å². The highest BCUT2D eigenvalue weighted by Crippen LogP contribution is 2.24. The summed E-state index contributed by atoms with van der Waals surface area (Å²) in [5.74, 6) is -1.54. The molecule has 0 aliphatic rings. The fourth-order valence-electron chi connectivity index (χ4n) is 1.29. The molecule has 0 amide bonds. The number of carbonyl (C=O) groups excluding carboxylic acids is 2. The Bertz CT molecular complexity index is 537. The molecule has 0 saturated heterocycles. The lowest BCUT2D eigenvalue weighted by Crippen LogP contribution is -2.20. The van der Waals surface area contributed by atoms with Gasteiger partial charge < -0.3 is 4.74 Å². The summed E-state index contributed by atoms with van der Waals surface area (Å²) in [6, 6.07) is 4.86. The molecule has 20 heavy (non-hydrogen) atoms. The normalized spacial score (nSPS) is 10.7. The van der Waals surface area contributed by atoms with Crippen LogP contribution in [-0.4, -0.2) is 23.6 Å². The van der Waals surface area contributed by atoms with E-state index in [0.717, 1.165) is 26.0 Å². The molecule has 1 aromatic carbocycles. The van der Waals surface area contributed by atoms with Crippen LogP contribution in [-0.2, 0) is 9.59 Å². The average Bonchev–Trinajstić information content (AvgIpc) is 2.26. The van der Waals surface area contributed by atoms with Gasteiger partial charge in [0.25, 0.3) is 0 Å². The second-order valence-electron chi connectivity index (χ2n) is 3.76. The van der Waals surface area contributed by atoms with Crippen LogP contribution >= 0.6 is 0 Å². The molecular formula is C12H11F3N2O3. The van der Waals surface area contributed by atoms with E-state index in [-0.39, 0.29) is 11.4 Å². The number of ketones is 2. The molecule has 0 aromatic heterocycles. The largest absolute Gasteiger partial charge is 0.573 e. The number of rotatable bonds is 5. The van der Waals surface area contributed by atoms with Gasteiger partial charge in [0.2, 0.25) is 0 Å². The molecule has 0 saturated carbocycles. The minimum absolute atomic E-state index is 0.145. The first kappa shape index (κ1) is 15.7. The van der Waals surface area contributed by atoms with Gasteiger partial charge in [-0.25, -0.2) is 0 Å². The molecule has 1 N–H and O–H groups in total. The first-order chi connectivity index (χ1) is 9.19. The Balaban J connectivity index is 2.88. The third-order valence-electron chi connectivity index (χ3n) is 2.03. The lowest BCUT2D eigenvalue weighted by atomic mass is 10.2. The number of benzene rings is 1. The van der Waals surface area contributed by atoms with Crippen molar-refractivity contribution >= 4 is 23.0 Å². The van der Waals surface area contributed by atoms with Crippen molar-refractivity contribution in [2.45, 2.75) is 20.2 Å². The predicted octanol–water partition coefficient (Wildman–Crippen LogP) is 2.53. The summed E-state index contributed by atoms with van der Waals surface area (Å²) in [4.78, 5) is 22.2. The van der Waals surface area contributed by atoms with Crippen molar-refractivity contribution in [3.63, 3.8) is 0 Å². The van der Waals surface area contributed by atoms with Crippen LogP contribution < -0.4 is 10.2 Å². The van der Waals surface area contributed by atoms with E-state index in [0.29, 0.717) is 0 Å². The maximum absolute atomic E-state index is 12.0. The summed E-state index contributed by atoms with van der Waals surface area (Å²) < 4.78 is 39.8. The Morgan fingerprint density at radius 3 is 2.30 bits per heavy atom. The second-order valence-corrected chi connectivity index (χ2v) is 3.76. The number of anilines is 1. The molecule has 0 radical (unpaired) electrons. The lowest BCUT2D eigenvalue weighted by molar-refractivity contribution is -0.274. The van der Waals surface area contributed by atoms with Gasteiger partial charge in [-0.05, 0) is 12.1 Å². The van der Waals surface area contributed by atoms with E-state index in [4.69, 9.17) is 0 Å². The highest BCUT2D eigenvalue weighted by molar-refractivity contribution is 6.65. The number of halogens is 3. The van der Waals surface area contributed by atoms with Crippen molar-refractivity contribution < 1.29 is 27.5 Å². The lowest BCUT2D eigenvalue weighted by Gasteiger charge is -2.09. The van der Waals surface area contributed by atoms with Gasteiger partial charge in [-0.2, -0.15) is 5.10 Å². The third kappa shape index (κ3) is 5.09. The maximum Gasteiger partial charge on any atom is 0.573 e. The molecule has 0 atom stereocenters. The van der Waals surface area contributed by atoms with E-state index in [1.165, 1.54) is 12.1 Å². The van der Waals surface area contributed by atoms with E-state index in [9.17, 15) is 22.8 Å². The predicted molar refractivity (Wildman–Crippen MR) is 65.5 cm³/mol. The highest BCUT2D eigenvalue weighted by atomic mass is 19.4. The van der Waals surface area contributed by atoms with Crippen LogP contribution in [0.2, 0.25) is 0 Å². The summed E-state index contributed by atoms with van der Waals surface area (Å²) in [7, 11) is 0. The van der Waals surface area contributed by atoms with E-state index >= 15 is 0 Å². The van der Waals surface area contributed by atoms with Crippen molar-refractivity contribution in [2.75, 3.05) is 5.43 Å². The summed E-state index contributed by atoms with van der Waals surface area (Å²) in [5.41, 5.74) is 2.15. The summed E-state index contributed by atoms with van der Waals surface area (Å²) in [5, 5.41) is 3.56. The number of Topliss-reactive ketones (excluding diaryl/α,β-unsaturated/α-hetero) is 2. The van der Waals surface area contributed by atoms with Gasteiger partial charge in [0.1, 0.15) is 5.75 Å². The fraction of sp³-hybridized carbons (Fsp3) is 0.250. The van der Waals surface area contributed by atoms with Gasteiger partial charge in [0, 0.05) is 19.9 Å². The number of ether oxygens (including phenoxy) is 1. The van der Waals surface area contributed by atoms with Gasteiger partial charge in [0.15, 0.2) is 17.3 Å². The van der Waals surface area contributed by atoms with Crippen LogP contribution in [0.3, 0.4) is 0 Å². The molecule has 5 nitrogen and oxygen atoms in total. The Morgan fingerprint density at radius 2 is 1.80 bits per heavy atom. The maximum atomic E-state index is 12.0. The summed E-state index contributed by atoms with van der Waals surface area (Å²) in [6.07, 6.45) is -4.80. The number of nitrogens with zero attached hydrogens (tertiary/aromatic N) is 1. The monoisotopic (exact) mass is 288 g/mol. The molecule has 1 aromatic rings. The molecule has 0 bridgehead atoms. The van der Waals surface area contributed by atoms with E-state index in [2.05, 4.69) is 15.3 Å². The molecule has 0 spiro atoms. The SMILES string of the molecule is CC(=O)C(=NNc1cccc(OC(F)(F)F)c1)C(C)=O. The summed E-state index contributed by atoms with van der Waals surface area (Å²) >= 11 is 0. The minimum atomic E-state index is -4.80. The molecule has 1 rings (SSSR count). The Labute approximate surface area is 112 Å². The quantitative estimate of drug-likeness (QED) is 0.513. The molecule has 0 heterocycles. The minimum Gasteiger partial charge on any atom is -0.406 e. The smallest absolute Gasteiger partial charge is 0.406 e. The van der Waals surface area contributed by atoms with Crippen LogP contribution in [0.4, 0.5) is 18.9 Å². The van der Waals surface area contributed by atoms with Gasteiger partial charge in [-0.3, -0.25) is 15.0 Å². The zero-order valence-corrected chi connectivity index (χ0v) is 10.6. The molecule has 108 valence electrons. The van der Waals surface area contributed by atoms with Gasteiger partial charge in [0.05, 0.1) is 5.69 Å². The van der Waals surface area contributed by atoms with Crippen LogP contribution in [0.5, 0.6) is 5.75 Å².